The van der Waals surface area contributed by atoms with E-state index in [1.807, 2.05) is 13.0 Å². The lowest BCUT2D eigenvalue weighted by Crippen LogP contribution is -2.14. The van der Waals surface area contributed by atoms with Gasteiger partial charge in [-0.3, -0.25) is 4.79 Å². The van der Waals surface area contributed by atoms with Gasteiger partial charge in [0.25, 0.3) is 0 Å². The molecule has 0 radical (unpaired) electrons. The summed E-state index contributed by atoms with van der Waals surface area (Å²) < 4.78 is 10.5. The average Bonchev–Trinajstić information content (AvgIpc) is 2.38. The van der Waals surface area contributed by atoms with Crippen LogP contribution in [0.5, 0.6) is 11.5 Å². The largest absolute Gasteiger partial charge is 0.493 e. The molecule has 0 amide bonds. The molecule has 0 aliphatic rings. The van der Waals surface area contributed by atoms with Gasteiger partial charge in [0, 0.05) is 0 Å². The number of carboxylic acids is 1. The Hall–Kier alpha value is -1.42. The lowest BCUT2D eigenvalue weighted by molar-refractivity contribution is -0.141. The van der Waals surface area contributed by atoms with E-state index in [1.54, 1.807) is 6.92 Å². The van der Waals surface area contributed by atoms with Gasteiger partial charge < -0.3 is 14.6 Å². The van der Waals surface area contributed by atoms with Gasteiger partial charge in [-0.1, -0.05) is 25.4 Å². The van der Waals surface area contributed by atoms with Crippen LogP contribution in [0.2, 0.25) is 5.02 Å². The predicted octanol–water partition coefficient (Wildman–Crippen LogP) is 3.18. The lowest BCUT2D eigenvalue weighted by atomic mass is 9.95. The molecule has 1 N–H and O–H groups in total. The van der Waals surface area contributed by atoms with Crippen molar-refractivity contribution in [2.45, 2.75) is 26.7 Å². The van der Waals surface area contributed by atoms with Crippen LogP contribution in [-0.2, 0) is 17.6 Å². The molecule has 0 aliphatic heterocycles. The van der Waals surface area contributed by atoms with Crippen LogP contribution < -0.4 is 9.47 Å². The number of benzene rings is 1. The summed E-state index contributed by atoms with van der Waals surface area (Å²) in [4.78, 5) is 11.0. The Morgan fingerprint density at radius 2 is 2.05 bits per heavy atom. The Morgan fingerprint density at radius 1 is 1.42 bits per heavy atom. The van der Waals surface area contributed by atoms with Crippen LogP contribution in [0.3, 0.4) is 0 Å². The monoisotopic (exact) mass is 286 g/mol. The number of carbonyl (C=O) groups is 1. The van der Waals surface area contributed by atoms with Crippen molar-refractivity contribution in [3.05, 3.63) is 22.2 Å². The molecule has 0 saturated carbocycles. The van der Waals surface area contributed by atoms with E-state index in [0.29, 0.717) is 29.4 Å². The summed E-state index contributed by atoms with van der Waals surface area (Å²) in [6.07, 6.45) is 1.12. The van der Waals surface area contributed by atoms with E-state index in [1.165, 1.54) is 14.2 Å². The molecular formula is C14H19ClO4. The minimum Gasteiger partial charge on any atom is -0.493 e. The lowest BCUT2D eigenvalue weighted by Gasteiger charge is -2.17. The van der Waals surface area contributed by atoms with Gasteiger partial charge in [0.15, 0.2) is 11.5 Å². The van der Waals surface area contributed by atoms with Gasteiger partial charge in [-0.2, -0.15) is 0 Å². The van der Waals surface area contributed by atoms with E-state index in [9.17, 15) is 4.79 Å². The van der Waals surface area contributed by atoms with Crippen molar-refractivity contribution in [2.24, 2.45) is 5.92 Å². The third-order valence-electron chi connectivity index (χ3n) is 3.11. The summed E-state index contributed by atoms with van der Waals surface area (Å²) in [5.74, 6) is -0.280. The molecule has 1 unspecified atom stereocenters. The van der Waals surface area contributed by atoms with Crippen molar-refractivity contribution >= 4 is 17.6 Å². The number of aliphatic carboxylic acids is 1. The molecule has 1 aromatic rings. The smallest absolute Gasteiger partial charge is 0.306 e. The van der Waals surface area contributed by atoms with E-state index in [0.717, 1.165) is 11.1 Å². The molecular weight excluding hydrogens is 268 g/mol. The Labute approximate surface area is 118 Å². The van der Waals surface area contributed by atoms with Crippen LogP contribution >= 0.6 is 11.6 Å². The standard InChI is InChI=1S/C14H19ClO4/c1-5-10-9(6-8(2)14(16)17)7-11(18-3)13(19-4)12(10)15/h7-8H,5-6H2,1-4H3,(H,16,17). The zero-order valence-electron chi connectivity index (χ0n) is 11.6. The Bertz CT molecular complexity index is 471. The Balaban J connectivity index is 3.30. The highest BCUT2D eigenvalue weighted by atomic mass is 35.5. The maximum Gasteiger partial charge on any atom is 0.306 e. The third-order valence-corrected chi connectivity index (χ3v) is 3.51. The molecule has 4 nitrogen and oxygen atoms in total. The summed E-state index contributed by atoms with van der Waals surface area (Å²) in [6, 6.07) is 1.81. The molecule has 0 spiro atoms. The fraction of sp³-hybridized carbons (Fsp3) is 0.500. The number of methoxy groups -OCH3 is 2. The molecule has 0 aromatic heterocycles. The molecule has 19 heavy (non-hydrogen) atoms. The van der Waals surface area contributed by atoms with Crippen molar-refractivity contribution in [3.8, 4) is 11.5 Å². The highest BCUT2D eigenvalue weighted by molar-refractivity contribution is 6.33. The quantitative estimate of drug-likeness (QED) is 0.872. The number of hydrogen-bond acceptors (Lipinski definition) is 3. The first kappa shape index (κ1) is 15.6. The normalized spacial score (nSPS) is 12.1. The van der Waals surface area contributed by atoms with Crippen LogP contribution in [0.15, 0.2) is 6.07 Å². The van der Waals surface area contributed by atoms with E-state index in [2.05, 4.69) is 0 Å². The number of rotatable bonds is 6. The van der Waals surface area contributed by atoms with Crippen molar-refractivity contribution in [1.82, 2.24) is 0 Å². The number of hydrogen-bond donors (Lipinski definition) is 1. The molecule has 0 fully saturated rings. The van der Waals surface area contributed by atoms with Gasteiger partial charge in [-0.15, -0.1) is 0 Å². The maximum atomic E-state index is 11.0. The van der Waals surface area contributed by atoms with E-state index < -0.39 is 11.9 Å². The first-order valence-corrected chi connectivity index (χ1v) is 6.49. The second-order valence-corrected chi connectivity index (χ2v) is 4.74. The first-order valence-electron chi connectivity index (χ1n) is 6.11. The van der Waals surface area contributed by atoms with Crippen molar-refractivity contribution in [2.75, 3.05) is 14.2 Å². The van der Waals surface area contributed by atoms with Crippen LogP contribution in [0.4, 0.5) is 0 Å². The van der Waals surface area contributed by atoms with Crippen molar-refractivity contribution in [3.63, 3.8) is 0 Å². The fourth-order valence-electron chi connectivity index (χ4n) is 2.02. The fourth-order valence-corrected chi connectivity index (χ4v) is 2.45. The SMILES string of the molecule is CCc1c(CC(C)C(=O)O)cc(OC)c(OC)c1Cl. The topological polar surface area (TPSA) is 55.8 Å². The zero-order chi connectivity index (χ0) is 14.6. The van der Waals surface area contributed by atoms with Gasteiger partial charge in [0.2, 0.25) is 0 Å². The average molecular weight is 287 g/mol. The first-order chi connectivity index (χ1) is 8.96. The van der Waals surface area contributed by atoms with Crippen LogP contribution in [0, 0.1) is 5.92 Å². The molecule has 1 atom stereocenters. The summed E-state index contributed by atoms with van der Waals surface area (Å²) >= 11 is 6.31. The maximum absolute atomic E-state index is 11.0. The van der Waals surface area contributed by atoms with Gasteiger partial charge >= 0.3 is 5.97 Å². The highest BCUT2D eigenvalue weighted by Crippen LogP contribution is 2.40. The second-order valence-electron chi connectivity index (χ2n) is 4.36. The van der Waals surface area contributed by atoms with E-state index >= 15 is 0 Å². The van der Waals surface area contributed by atoms with Crippen LogP contribution in [-0.4, -0.2) is 25.3 Å². The minimum atomic E-state index is -0.826. The second kappa shape index (κ2) is 6.66. The number of halogens is 1. The Morgan fingerprint density at radius 3 is 2.47 bits per heavy atom. The van der Waals surface area contributed by atoms with Crippen LogP contribution in [0.25, 0.3) is 0 Å². The molecule has 0 saturated heterocycles. The van der Waals surface area contributed by atoms with Gasteiger partial charge in [0.1, 0.15) is 0 Å². The van der Waals surface area contributed by atoms with Gasteiger partial charge in [-0.05, 0) is 30.0 Å². The van der Waals surface area contributed by atoms with Gasteiger partial charge in [-0.25, -0.2) is 0 Å². The van der Waals surface area contributed by atoms with Crippen LogP contribution in [0.1, 0.15) is 25.0 Å². The van der Waals surface area contributed by atoms with Gasteiger partial charge in [0.05, 0.1) is 25.2 Å². The minimum absolute atomic E-state index is 0.415. The number of ether oxygens (including phenoxy) is 2. The summed E-state index contributed by atoms with van der Waals surface area (Å²) in [6.45, 7) is 3.65. The molecule has 5 heteroatoms. The van der Waals surface area contributed by atoms with Crippen molar-refractivity contribution < 1.29 is 19.4 Å². The molecule has 106 valence electrons. The Kier molecular flexibility index (Phi) is 5.48. The summed E-state index contributed by atoms with van der Waals surface area (Å²) in [7, 11) is 3.06. The predicted molar refractivity (Wildman–Crippen MR) is 74.4 cm³/mol. The molecule has 0 aliphatic carbocycles. The molecule has 1 aromatic carbocycles. The van der Waals surface area contributed by atoms with E-state index in [-0.39, 0.29) is 0 Å². The molecule has 0 bridgehead atoms. The third kappa shape index (κ3) is 3.32. The molecule has 1 rings (SSSR count). The zero-order valence-corrected chi connectivity index (χ0v) is 12.4. The highest BCUT2D eigenvalue weighted by Gasteiger charge is 2.20. The van der Waals surface area contributed by atoms with Crippen molar-refractivity contribution in [1.29, 1.82) is 0 Å². The number of carboxylic acid groups (broad SMARTS) is 1. The van der Waals surface area contributed by atoms with E-state index in [4.69, 9.17) is 26.2 Å². The molecule has 0 heterocycles. The summed E-state index contributed by atoms with van der Waals surface area (Å²) in [5, 5.41) is 9.51. The summed E-state index contributed by atoms with van der Waals surface area (Å²) in [5.41, 5.74) is 1.80.